The van der Waals surface area contributed by atoms with E-state index in [-0.39, 0.29) is 37.5 Å². The van der Waals surface area contributed by atoms with Crippen molar-refractivity contribution in [2.45, 2.75) is 51.6 Å². The van der Waals surface area contributed by atoms with Gasteiger partial charge in [0.05, 0.1) is 6.42 Å². The maximum absolute atomic E-state index is 13.2. The molecule has 0 unspecified atom stereocenters. The number of ether oxygens (including phenoxy) is 2. The average Bonchev–Trinajstić information content (AvgIpc) is 3.18. The van der Waals surface area contributed by atoms with Crippen molar-refractivity contribution < 1.29 is 29.0 Å². The first-order valence-electron chi connectivity index (χ1n) is 12.9. The van der Waals surface area contributed by atoms with E-state index in [1.165, 1.54) is 4.90 Å². The molecule has 8 heteroatoms. The van der Waals surface area contributed by atoms with Crippen LogP contribution < -0.4 is 0 Å². The Balaban J connectivity index is 1.37. The molecule has 1 aliphatic carbocycles. The quantitative estimate of drug-likeness (QED) is 0.541. The second kappa shape index (κ2) is 11.2. The number of likely N-dealkylation sites (tertiary alicyclic amines) is 1. The van der Waals surface area contributed by atoms with Crippen molar-refractivity contribution in [3.63, 3.8) is 0 Å². The normalized spacial score (nSPS) is 15.6. The summed E-state index contributed by atoms with van der Waals surface area (Å²) in [4.78, 5) is 40.0. The van der Waals surface area contributed by atoms with Crippen molar-refractivity contribution in [3.05, 3.63) is 59.7 Å². The highest BCUT2D eigenvalue weighted by Crippen LogP contribution is 2.44. The fourth-order valence-electron chi connectivity index (χ4n) is 5.11. The molecule has 0 saturated carbocycles. The molecule has 2 aromatic rings. The average molecular weight is 509 g/mol. The Kier molecular flexibility index (Phi) is 8.05. The Hall–Kier alpha value is -3.55. The lowest BCUT2D eigenvalue weighted by Crippen LogP contribution is -2.45. The molecule has 198 valence electrons. The van der Waals surface area contributed by atoms with E-state index in [1.807, 2.05) is 45.0 Å². The Morgan fingerprint density at radius 2 is 1.54 bits per heavy atom. The number of piperidine rings is 1. The number of carboxylic acid groups (broad SMARTS) is 1. The van der Waals surface area contributed by atoms with Crippen molar-refractivity contribution in [1.29, 1.82) is 0 Å². The van der Waals surface area contributed by atoms with E-state index in [0.29, 0.717) is 32.5 Å². The zero-order valence-corrected chi connectivity index (χ0v) is 21.8. The number of hydrogen-bond acceptors (Lipinski definition) is 5. The van der Waals surface area contributed by atoms with Crippen LogP contribution in [0.15, 0.2) is 48.5 Å². The number of carbonyl (C=O) groups is 3. The molecule has 1 heterocycles. The fourth-order valence-corrected chi connectivity index (χ4v) is 5.11. The number of hydrogen-bond donors (Lipinski definition) is 1. The predicted octanol–water partition coefficient (Wildman–Crippen LogP) is 5.36. The van der Waals surface area contributed by atoms with E-state index in [0.717, 1.165) is 22.3 Å². The molecule has 1 fully saturated rings. The van der Waals surface area contributed by atoms with Crippen molar-refractivity contribution >= 4 is 18.2 Å². The van der Waals surface area contributed by atoms with Gasteiger partial charge in [-0.25, -0.2) is 9.59 Å². The Bertz CT molecular complexity index is 1090. The number of fused-ring (bicyclic) bond motifs is 3. The molecular weight excluding hydrogens is 472 g/mol. The van der Waals surface area contributed by atoms with Crippen LogP contribution in [-0.4, -0.2) is 71.4 Å². The van der Waals surface area contributed by atoms with Gasteiger partial charge in [0.15, 0.2) is 0 Å². The molecule has 4 rings (SSSR count). The van der Waals surface area contributed by atoms with Crippen LogP contribution in [0.1, 0.15) is 57.1 Å². The lowest BCUT2D eigenvalue weighted by molar-refractivity contribution is -0.137. The summed E-state index contributed by atoms with van der Waals surface area (Å²) in [6.45, 7) is 7.26. The molecule has 0 atom stereocenters. The van der Waals surface area contributed by atoms with Crippen molar-refractivity contribution in [1.82, 2.24) is 9.80 Å². The molecule has 8 nitrogen and oxygen atoms in total. The van der Waals surface area contributed by atoms with E-state index in [1.54, 1.807) is 4.90 Å². The fraction of sp³-hybridized carbons (Fsp3) is 0.483. The number of aliphatic carboxylic acids is 1. The number of rotatable bonds is 7. The third-order valence-corrected chi connectivity index (χ3v) is 6.93. The van der Waals surface area contributed by atoms with Gasteiger partial charge in [0, 0.05) is 32.1 Å². The first-order valence-corrected chi connectivity index (χ1v) is 12.9. The summed E-state index contributed by atoms with van der Waals surface area (Å²) in [5.41, 5.74) is 4.01. The number of carboxylic acids is 1. The topological polar surface area (TPSA) is 96.4 Å². The molecule has 1 saturated heterocycles. The van der Waals surface area contributed by atoms with Crippen LogP contribution in [0.25, 0.3) is 11.1 Å². The molecule has 1 aliphatic heterocycles. The van der Waals surface area contributed by atoms with Crippen LogP contribution in [0.4, 0.5) is 9.59 Å². The summed E-state index contributed by atoms with van der Waals surface area (Å²) >= 11 is 0. The summed E-state index contributed by atoms with van der Waals surface area (Å²) in [7, 11) is 0. The molecule has 0 bridgehead atoms. The van der Waals surface area contributed by atoms with Crippen LogP contribution in [0.3, 0.4) is 0 Å². The largest absolute Gasteiger partial charge is 0.481 e. The van der Waals surface area contributed by atoms with E-state index in [2.05, 4.69) is 24.3 Å². The molecule has 0 aromatic heterocycles. The first-order chi connectivity index (χ1) is 17.6. The Morgan fingerprint density at radius 3 is 2.08 bits per heavy atom. The maximum atomic E-state index is 13.2. The highest BCUT2D eigenvalue weighted by atomic mass is 16.6. The lowest BCUT2D eigenvalue weighted by atomic mass is 9.96. The molecule has 37 heavy (non-hydrogen) atoms. The van der Waals surface area contributed by atoms with Crippen LogP contribution in [0.5, 0.6) is 0 Å². The van der Waals surface area contributed by atoms with Gasteiger partial charge in [-0.1, -0.05) is 48.5 Å². The third kappa shape index (κ3) is 6.61. The zero-order chi connectivity index (χ0) is 26.6. The molecule has 0 radical (unpaired) electrons. The second-order valence-electron chi connectivity index (χ2n) is 10.8. The van der Waals surface area contributed by atoms with Gasteiger partial charge in [-0.3, -0.25) is 4.79 Å². The maximum Gasteiger partial charge on any atom is 0.410 e. The molecule has 0 spiro atoms. The Morgan fingerprint density at radius 1 is 0.973 bits per heavy atom. The summed E-state index contributed by atoms with van der Waals surface area (Å²) in [6.07, 6.45) is 0.433. The van der Waals surface area contributed by atoms with Gasteiger partial charge in [-0.2, -0.15) is 0 Å². The van der Waals surface area contributed by atoms with Gasteiger partial charge in [0.25, 0.3) is 0 Å². The van der Waals surface area contributed by atoms with Gasteiger partial charge < -0.3 is 24.4 Å². The number of amides is 2. The number of carbonyl (C=O) groups excluding carboxylic acids is 2. The molecular formula is C29H36N2O6. The smallest absolute Gasteiger partial charge is 0.410 e. The summed E-state index contributed by atoms with van der Waals surface area (Å²) in [6, 6.07) is 16.3. The summed E-state index contributed by atoms with van der Waals surface area (Å²) in [5, 5.41) is 9.22. The minimum Gasteiger partial charge on any atom is -0.481 e. The van der Waals surface area contributed by atoms with Gasteiger partial charge in [0.2, 0.25) is 0 Å². The third-order valence-electron chi connectivity index (χ3n) is 6.93. The van der Waals surface area contributed by atoms with Crippen LogP contribution in [0.2, 0.25) is 0 Å². The van der Waals surface area contributed by atoms with Crippen LogP contribution >= 0.6 is 0 Å². The lowest BCUT2D eigenvalue weighted by Gasteiger charge is -2.35. The molecule has 2 amide bonds. The highest BCUT2D eigenvalue weighted by Gasteiger charge is 2.32. The standard InChI is InChI=1S/C29H36N2O6/c1-29(2,3)37-28(35)30-15-12-20(13-16-30)18-31(17-14-26(32)33)27(34)36-19-25-23-10-6-4-8-21(23)22-9-5-7-11-24(22)25/h4-11,20,25H,12-19H2,1-3H3,(H,32,33). The van der Waals surface area contributed by atoms with Crippen LogP contribution in [-0.2, 0) is 14.3 Å². The van der Waals surface area contributed by atoms with E-state index >= 15 is 0 Å². The number of benzene rings is 2. The monoisotopic (exact) mass is 508 g/mol. The van der Waals surface area contributed by atoms with Crippen molar-refractivity contribution in [3.8, 4) is 11.1 Å². The van der Waals surface area contributed by atoms with E-state index < -0.39 is 17.7 Å². The van der Waals surface area contributed by atoms with Gasteiger partial charge >= 0.3 is 18.2 Å². The Labute approximate surface area is 218 Å². The highest BCUT2D eigenvalue weighted by molar-refractivity contribution is 5.79. The molecule has 2 aromatic carbocycles. The number of nitrogens with zero attached hydrogens (tertiary/aromatic N) is 2. The second-order valence-corrected chi connectivity index (χ2v) is 10.8. The van der Waals surface area contributed by atoms with E-state index in [4.69, 9.17) is 9.47 Å². The van der Waals surface area contributed by atoms with Crippen LogP contribution in [0, 0.1) is 5.92 Å². The minimum absolute atomic E-state index is 0.0604. The van der Waals surface area contributed by atoms with Gasteiger partial charge in [-0.15, -0.1) is 0 Å². The van der Waals surface area contributed by atoms with E-state index in [9.17, 15) is 19.5 Å². The minimum atomic E-state index is -0.962. The van der Waals surface area contributed by atoms with Gasteiger partial charge in [0.1, 0.15) is 12.2 Å². The SMILES string of the molecule is CC(C)(C)OC(=O)N1CCC(CN(CCC(=O)O)C(=O)OCC2c3ccccc3-c3ccccc32)CC1. The van der Waals surface area contributed by atoms with Crippen molar-refractivity contribution in [2.75, 3.05) is 32.8 Å². The first kappa shape index (κ1) is 26.5. The van der Waals surface area contributed by atoms with Crippen molar-refractivity contribution in [2.24, 2.45) is 5.92 Å². The van der Waals surface area contributed by atoms with Gasteiger partial charge in [-0.05, 0) is 61.8 Å². The summed E-state index contributed by atoms with van der Waals surface area (Å²) in [5.74, 6) is -0.876. The summed E-state index contributed by atoms with van der Waals surface area (Å²) < 4.78 is 11.3. The zero-order valence-electron chi connectivity index (χ0n) is 21.8. The molecule has 1 N–H and O–H groups in total. The molecule has 2 aliphatic rings. The predicted molar refractivity (Wildman–Crippen MR) is 139 cm³/mol.